The second-order valence-electron chi connectivity index (χ2n) is 6.65. The maximum Gasteiger partial charge on any atom is 0.150 e. The maximum absolute atomic E-state index is 11.7. The molecule has 0 amide bonds. The summed E-state index contributed by atoms with van der Waals surface area (Å²) in [6, 6.07) is 0. The number of rotatable bonds is 4. The standard InChI is InChI=1S/C15H30N2O2S/c1-2-4-14-5-3-9-17(10-6-14)15(13-16)7-11-20(18,19)12-8-15/h14H,2-13,16H2,1H3. The third kappa shape index (κ3) is 3.74. The average Bonchev–Trinajstić information content (AvgIpc) is 2.66. The van der Waals surface area contributed by atoms with Crippen molar-refractivity contribution in [3.05, 3.63) is 0 Å². The molecule has 0 aromatic heterocycles. The number of hydrogen-bond acceptors (Lipinski definition) is 4. The Kier molecular flexibility index (Phi) is 5.49. The maximum atomic E-state index is 11.7. The van der Waals surface area contributed by atoms with Gasteiger partial charge in [-0.25, -0.2) is 8.42 Å². The Morgan fingerprint density at radius 1 is 1.20 bits per heavy atom. The Bertz CT molecular complexity index is 394. The highest BCUT2D eigenvalue weighted by Gasteiger charge is 2.41. The Hall–Kier alpha value is -0.130. The zero-order valence-electron chi connectivity index (χ0n) is 12.8. The topological polar surface area (TPSA) is 63.4 Å². The number of likely N-dealkylation sites (tertiary alicyclic amines) is 1. The first kappa shape index (κ1) is 16.2. The lowest BCUT2D eigenvalue weighted by atomic mass is 9.89. The molecule has 0 bridgehead atoms. The third-order valence-corrected chi connectivity index (χ3v) is 7.00. The molecule has 2 fully saturated rings. The summed E-state index contributed by atoms with van der Waals surface area (Å²) in [6.07, 6.45) is 7.86. The van der Waals surface area contributed by atoms with E-state index in [0.717, 1.165) is 31.8 Å². The molecule has 0 aromatic rings. The van der Waals surface area contributed by atoms with Crippen LogP contribution in [0.15, 0.2) is 0 Å². The van der Waals surface area contributed by atoms with Crippen LogP contribution in [0.4, 0.5) is 0 Å². The largest absolute Gasteiger partial charge is 0.329 e. The van der Waals surface area contributed by atoms with Crippen molar-refractivity contribution in [2.45, 2.75) is 57.4 Å². The molecule has 0 saturated carbocycles. The van der Waals surface area contributed by atoms with Gasteiger partial charge in [-0.3, -0.25) is 4.90 Å². The van der Waals surface area contributed by atoms with Crippen molar-refractivity contribution >= 4 is 9.84 Å². The van der Waals surface area contributed by atoms with E-state index in [4.69, 9.17) is 5.73 Å². The van der Waals surface area contributed by atoms with Crippen LogP contribution in [0, 0.1) is 5.92 Å². The van der Waals surface area contributed by atoms with Gasteiger partial charge in [0.15, 0.2) is 0 Å². The highest BCUT2D eigenvalue weighted by molar-refractivity contribution is 7.91. The quantitative estimate of drug-likeness (QED) is 0.860. The second-order valence-corrected chi connectivity index (χ2v) is 8.96. The minimum Gasteiger partial charge on any atom is -0.329 e. The zero-order valence-corrected chi connectivity index (χ0v) is 13.6. The predicted molar refractivity (Wildman–Crippen MR) is 83.5 cm³/mol. The first-order valence-electron chi connectivity index (χ1n) is 8.17. The molecule has 2 heterocycles. The van der Waals surface area contributed by atoms with E-state index in [9.17, 15) is 8.42 Å². The van der Waals surface area contributed by atoms with Gasteiger partial charge in [0.1, 0.15) is 9.84 Å². The molecule has 2 aliphatic rings. The van der Waals surface area contributed by atoms with Gasteiger partial charge in [0.05, 0.1) is 11.5 Å². The fourth-order valence-corrected chi connectivity index (χ4v) is 5.49. The Labute approximate surface area is 124 Å². The first-order valence-corrected chi connectivity index (χ1v) is 9.99. The molecule has 0 aromatic carbocycles. The van der Waals surface area contributed by atoms with E-state index in [1.807, 2.05) is 0 Å². The summed E-state index contributed by atoms with van der Waals surface area (Å²) in [5.41, 5.74) is 6.02. The first-order chi connectivity index (χ1) is 9.51. The normalized spacial score (nSPS) is 30.8. The van der Waals surface area contributed by atoms with Crippen molar-refractivity contribution in [2.75, 3.05) is 31.1 Å². The van der Waals surface area contributed by atoms with Gasteiger partial charge in [-0.15, -0.1) is 0 Å². The zero-order chi connectivity index (χ0) is 14.6. The molecule has 4 nitrogen and oxygen atoms in total. The van der Waals surface area contributed by atoms with Crippen molar-refractivity contribution in [3.63, 3.8) is 0 Å². The van der Waals surface area contributed by atoms with E-state index < -0.39 is 9.84 Å². The van der Waals surface area contributed by atoms with Crippen LogP contribution in [0.3, 0.4) is 0 Å². The van der Waals surface area contributed by atoms with Crippen molar-refractivity contribution in [1.29, 1.82) is 0 Å². The lowest BCUT2D eigenvalue weighted by Crippen LogP contribution is -2.58. The molecule has 1 atom stereocenters. The third-order valence-electron chi connectivity index (χ3n) is 5.35. The van der Waals surface area contributed by atoms with Crippen LogP contribution in [0.25, 0.3) is 0 Å². The number of nitrogens with two attached hydrogens (primary N) is 1. The van der Waals surface area contributed by atoms with Gasteiger partial charge in [-0.1, -0.05) is 19.8 Å². The van der Waals surface area contributed by atoms with Crippen molar-refractivity contribution in [1.82, 2.24) is 4.90 Å². The van der Waals surface area contributed by atoms with E-state index >= 15 is 0 Å². The van der Waals surface area contributed by atoms with Crippen LogP contribution in [-0.2, 0) is 9.84 Å². The molecule has 5 heteroatoms. The molecule has 0 aliphatic carbocycles. The number of hydrogen-bond donors (Lipinski definition) is 1. The number of sulfone groups is 1. The van der Waals surface area contributed by atoms with Crippen LogP contribution >= 0.6 is 0 Å². The monoisotopic (exact) mass is 302 g/mol. The van der Waals surface area contributed by atoms with E-state index in [2.05, 4.69) is 11.8 Å². The van der Waals surface area contributed by atoms with Crippen molar-refractivity contribution < 1.29 is 8.42 Å². The van der Waals surface area contributed by atoms with Gasteiger partial charge < -0.3 is 5.73 Å². The van der Waals surface area contributed by atoms with E-state index in [-0.39, 0.29) is 5.54 Å². The van der Waals surface area contributed by atoms with Crippen LogP contribution in [0.2, 0.25) is 0 Å². The molecule has 2 rings (SSSR count). The van der Waals surface area contributed by atoms with Gasteiger partial charge in [0.2, 0.25) is 0 Å². The highest BCUT2D eigenvalue weighted by atomic mass is 32.2. The highest BCUT2D eigenvalue weighted by Crippen LogP contribution is 2.33. The smallest absolute Gasteiger partial charge is 0.150 e. The molecule has 1 unspecified atom stereocenters. The Morgan fingerprint density at radius 2 is 1.90 bits per heavy atom. The van der Waals surface area contributed by atoms with Crippen molar-refractivity contribution in [2.24, 2.45) is 11.7 Å². The molecule has 0 radical (unpaired) electrons. The fourth-order valence-electron chi connectivity index (χ4n) is 3.90. The summed E-state index contributed by atoms with van der Waals surface area (Å²) < 4.78 is 23.4. The Morgan fingerprint density at radius 3 is 2.50 bits per heavy atom. The lowest BCUT2D eigenvalue weighted by molar-refractivity contribution is 0.0855. The lowest BCUT2D eigenvalue weighted by Gasteiger charge is -2.45. The predicted octanol–water partition coefficient (Wildman–Crippen LogP) is 1.79. The Balaban J connectivity index is 2.01. The molecule has 118 valence electrons. The van der Waals surface area contributed by atoms with E-state index in [0.29, 0.717) is 18.1 Å². The molecular formula is C15H30N2O2S. The summed E-state index contributed by atoms with van der Waals surface area (Å²) in [5, 5.41) is 0. The molecule has 2 N–H and O–H groups in total. The summed E-state index contributed by atoms with van der Waals surface area (Å²) in [4.78, 5) is 2.53. The van der Waals surface area contributed by atoms with Gasteiger partial charge in [-0.05, 0) is 51.1 Å². The summed E-state index contributed by atoms with van der Waals surface area (Å²) in [5.74, 6) is 1.49. The van der Waals surface area contributed by atoms with Crippen molar-refractivity contribution in [3.8, 4) is 0 Å². The fraction of sp³-hybridized carbons (Fsp3) is 1.00. The van der Waals surface area contributed by atoms with Crippen LogP contribution < -0.4 is 5.73 Å². The van der Waals surface area contributed by atoms with Crippen LogP contribution in [0.5, 0.6) is 0 Å². The van der Waals surface area contributed by atoms with E-state index in [1.54, 1.807) is 0 Å². The second kappa shape index (κ2) is 6.75. The van der Waals surface area contributed by atoms with Gasteiger partial charge in [-0.2, -0.15) is 0 Å². The summed E-state index contributed by atoms with van der Waals surface area (Å²) in [7, 11) is -2.81. The number of nitrogens with zero attached hydrogens (tertiary/aromatic N) is 1. The SMILES string of the molecule is CCCC1CCCN(C2(CN)CCS(=O)(=O)CC2)CC1. The molecular weight excluding hydrogens is 272 g/mol. The van der Waals surface area contributed by atoms with E-state index in [1.165, 1.54) is 32.1 Å². The van der Waals surface area contributed by atoms with Crippen LogP contribution in [-0.4, -0.2) is 50.0 Å². The molecule has 2 saturated heterocycles. The minimum atomic E-state index is -2.81. The summed E-state index contributed by atoms with van der Waals surface area (Å²) >= 11 is 0. The van der Waals surface area contributed by atoms with Gasteiger partial charge >= 0.3 is 0 Å². The minimum absolute atomic E-state index is 0.0492. The molecule has 20 heavy (non-hydrogen) atoms. The molecule has 2 aliphatic heterocycles. The average molecular weight is 302 g/mol. The van der Waals surface area contributed by atoms with Gasteiger partial charge in [0.25, 0.3) is 0 Å². The summed E-state index contributed by atoms with van der Waals surface area (Å²) in [6.45, 7) is 5.05. The van der Waals surface area contributed by atoms with Gasteiger partial charge in [0, 0.05) is 12.1 Å². The molecule has 0 spiro atoms. The van der Waals surface area contributed by atoms with Crippen LogP contribution in [0.1, 0.15) is 51.9 Å².